The van der Waals surface area contributed by atoms with Gasteiger partial charge in [-0.3, -0.25) is 4.79 Å². The highest BCUT2D eigenvalue weighted by Crippen LogP contribution is 2.68. The topological polar surface area (TPSA) is 17.1 Å². The molecule has 0 radical (unpaired) electrons. The fourth-order valence-corrected chi connectivity index (χ4v) is 9.38. The van der Waals surface area contributed by atoms with Gasteiger partial charge >= 0.3 is 0 Å². The van der Waals surface area contributed by atoms with Crippen molar-refractivity contribution in [2.24, 2.45) is 52.3 Å². The van der Waals surface area contributed by atoms with E-state index in [0.29, 0.717) is 28.4 Å². The van der Waals surface area contributed by atoms with Crippen molar-refractivity contribution in [1.82, 2.24) is 0 Å². The Morgan fingerprint density at radius 2 is 1.73 bits per heavy atom. The molecule has 0 bridgehead atoms. The number of carbonyl (C=O) groups excluding carboxylic acids is 1. The Bertz CT molecular complexity index is 674. The molecule has 4 aliphatic rings. The SMILES string of the molecule is C/C=C(/CC[C@@H](C)[C@H]1CC[C@H]2[C@@H]3CCC4CC(=O)CC[C@]4(C)[C@H]3CC[C@]12C)C(C)C. The zero-order chi connectivity index (χ0) is 21.7. The van der Waals surface area contributed by atoms with Crippen molar-refractivity contribution in [3.63, 3.8) is 0 Å². The molecule has 1 unspecified atom stereocenters. The number of hydrogen-bond acceptors (Lipinski definition) is 1. The maximum absolute atomic E-state index is 12.1. The number of allylic oxidation sites excluding steroid dienone is 2. The molecule has 1 heteroatoms. The van der Waals surface area contributed by atoms with Crippen LogP contribution in [-0.2, 0) is 4.79 Å². The van der Waals surface area contributed by atoms with Crippen LogP contribution in [-0.4, -0.2) is 5.78 Å². The molecule has 0 aromatic heterocycles. The molecule has 0 saturated heterocycles. The lowest BCUT2D eigenvalue weighted by Gasteiger charge is -2.60. The van der Waals surface area contributed by atoms with Gasteiger partial charge in [0, 0.05) is 12.8 Å². The van der Waals surface area contributed by atoms with Crippen molar-refractivity contribution >= 4 is 5.78 Å². The monoisotopic (exact) mass is 412 g/mol. The Labute approximate surface area is 186 Å². The molecule has 0 aliphatic heterocycles. The second kappa shape index (κ2) is 8.40. The van der Waals surface area contributed by atoms with Gasteiger partial charge < -0.3 is 0 Å². The van der Waals surface area contributed by atoms with Crippen molar-refractivity contribution in [2.75, 3.05) is 0 Å². The van der Waals surface area contributed by atoms with E-state index in [2.05, 4.69) is 47.6 Å². The zero-order valence-corrected chi connectivity index (χ0v) is 20.8. The smallest absolute Gasteiger partial charge is 0.133 e. The fraction of sp³-hybridized carbons (Fsp3) is 0.897. The minimum atomic E-state index is 0.458. The molecule has 0 heterocycles. The van der Waals surface area contributed by atoms with Crippen LogP contribution in [0.3, 0.4) is 0 Å². The fourth-order valence-electron chi connectivity index (χ4n) is 9.38. The van der Waals surface area contributed by atoms with Crippen molar-refractivity contribution in [1.29, 1.82) is 0 Å². The van der Waals surface area contributed by atoms with Gasteiger partial charge in [0.25, 0.3) is 0 Å². The molecule has 1 nitrogen and oxygen atoms in total. The Morgan fingerprint density at radius 3 is 2.43 bits per heavy atom. The Morgan fingerprint density at radius 1 is 1.00 bits per heavy atom. The van der Waals surface area contributed by atoms with Crippen LogP contribution >= 0.6 is 0 Å². The number of hydrogen-bond donors (Lipinski definition) is 0. The molecule has 0 aromatic rings. The van der Waals surface area contributed by atoms with Gasteiger partial charge in [0.15, 0.2) is 0 Å². The van der Waals surface area contributed by atoms with Crippen LogP contribution in [0, 0.1) is 52.3 Å². The molecule has 4 saturated carbocycles. The van der Waals surface area contributed by atoms with Crippen LogP contribution in [0.15, 0.2) is 11.6 Å². The molecule has 0 amide bonds. The molecule has 0 N–H and O–H groups in total. The summed E-state index contributed by atoms with van der Waals surface area (Å²) in [6.07, 6.45) is 16.6. The largest absolute Gasteiger partial charge is 0.300 e. The third kappa shape index (κ3) is 3.65. The molecule has 8 atom stereocenters. The van der Waals surface area contributed by atoms with Crippen molar-refractivity contribution in [2.45, 2.75) is 112 Å². The molecule has 4 aliphatic carbocycles. The molecule has 4 fully saturated rings. The van der Waals surface area contributed by atoms with Gasteiger partial charge in [0.1, 0.15) is 5.78 Å². The number of ketones is 1. The van der Waals surface area contributed by atoms with Crippen molar-refractivity contribution in [3.8, 4) is 0 Å². The van der Waals surface area contributed by atoms with Gasteiger partial charge in [-0.05, 0) is 117 Å². The molecular weight excluding hydrogens is 364 g/mol. The van der Waals surface area contributed by atoms with Gasteiger partial charge in [0.2, 0.25) is 0 Å². The first-order chi connectivity index (χ1) is 14.2. The summed E-state index contributed by atoms with van der Waals surface area (Å²) in [4.78, 5) is 12.1. The highest BCUT2D eigenvalue weighted by atomic mass is 16.1. The average molecular weight is 413 g/mol. The van der Waals surface area contributed by atoms with E-state index in [1.165, 1.54) is 57.8 Å². The Kier molecular flexibility index (Phi) is 6.33. The minimum absolute atomic E-state index is 0.458. The minimum Gasteiger partial charge on any atom is -0.300 e. The van der Waals surface area contributed by atoms with E-state index in [1.54, 1.807) is 5.57 Å². The summed E-state index contributed by atoms with van der Waals surface area (Å²) in [5.41, 5.74) is 2.69. The third-order valence-corrected chi connectivity index (χ3v) is 11.2. The van der Waals surface area contributed by atoms with Gasteiger partial charge in [-0.1, -0.05) is 46.3 Å². The summed E-state index contributed by atoms with van der Waals surface area (Å²) < 4.78 is 0. The molecule has 0 spiro atoms. The number of rotatable bonds is 5. The van der Waals surface area contributed by atoms with E-state index >= 15 is 0 Å². The van der Waals surface area contributed by atoms with E-state index in [-0.39, 0.29) is 0 Å². The quantitative estimate of drug-likeness (QED) is 0.415. The van der Waals surface area contributed by atoms with Crippen LogP contribution in [0.1, 0.15) is 112 Å². The molecule has 30 heavy (non-hydrogen) atoms. The first-order valence-electron chi connectivity index (χ1n) is 13.4. The van der Waals surface area contributed by atoms with Gasteiger partial charge in [0.05, 0.1) is 0 Å². The van der Waals surface area contributed by atoms with Crippen LogP contribution < -0.4 is 0 Å². The van der Waals surface area contributed by atoms with E-state index in [9.17, 15) is 4.79 Å². The van der Waals surface area contributed by atoms with Gasteiger partial charge in [-0.2, -0.15) is 0 Å². The van der Waals surface area contributed by atoms with E-state index in [1.807, 2.05) is 0 Å². The maximum atomic E-state index is 12.1. The van der Waals surface area contributed by atoms with E-state index < -0.39 is 0 Å². The lowest BCUT2D eigenvalue weighted by molar-refractivity contribution is -0.140. The molecule has 0 aromatic carbocycles. The first kappa shape index (κ1) is 22.6. The second-order valence-electron chi connectivity index (χ2n) is 12.7. The number of carbonyl (C=O) groups is 1. The maximum Gasteiger partial charge on any atom is 0.133 e. The summed E-state index contributed by atoms with van der Waals surface area (Å²) in [5, 5.41) is 0. The van der Waals surface area contributed by atoms with Crippen LogP contribution in [0.4, 0.5) is 0 Å². The number of Topliss-reactive ketones (excluding diaryl/α,β-unsaturated/α-hetero) is 1. The van der Waals surface area contributed by atoms with Crippen molar-refractivity contribution in [3.05, 3.63) is 11.6 Å². The zero-order valence-electron chi connectivity index (χ0n) is 20.8. The highest BCUT2D eigenvalue weighted by molar-refractivity contribution is 5.79. The second-order valence-corrected chi connectivity index (χ2v) is 12.7. The van der Waals surface area contributed by atoms with Crippen LogP contribution in [0.5, 0.6) is 0 Å². The lowest BCUT2D eigenvalue weighted by Crippen LogP contribution is -2.53. The van der Waals surface area contributed by atoms with Crippen LogP contribution in [0.2, 0.25) is 0 Å². The Hall–Kier alpha value is -0.590. The molecular formula is C29H48O. The summed E-state index contributed by atoms with van der Waals surface area (Å²) in [6.45, 7) is 14.8. The normalized spacial score (nSPS) is 45.1. The van der Waals surface area contributed by atoms with Gasteiger partial charge in [-0.25, -0.2) is 0 Å². The third-order valence-electron chi connectivity index (χ3n) is 11.2. The highest BCUT2D eigenvalue weighted by Gasteiger charge is 2.60. The van der Waals surface area contributed by atoms with Crippen molar-refractivity contribution < 1.29 is 4.79 Å². The standard InChI is InChI=1S/C29H48O/c1-7-21(19(2)3)9-8-20(4)25-12-13-26-24-11-10-22-18-23(30)14-16-28(22,5)27(24)15-17-29(25,26)6/h7,19-20,22,24-27H,8-18H2,1-6H3/b21-7-/t20-,22?,24+,25-,26+,27+,28+,29-/m1/s1. The Balaban J connectivity index is 1.47. The number of fused-ring (bicyclic) bond motifs is 5. The predicted octanol–water partition coefficient (Wildman–Crippen LogP) is 8.23. The summed E-state index contributed by atoms with van der Waals surface area (Å²) in [6, 6.07) is 0. The van der Waals surface area contributed by atoms with E-state index in [4.69, 9.17) is 0 Å². The summed E-state index contributed by atoms with van der Waals surface area (Å²) in [5.74, 6) is 6.50. The van der Waals surface area contributed by atoms with Gasteiger partial charge in [-0.15, -0.1) is 0 Å². The summed E-state index contributed by atoms with van der Waals surface area (Å²) in [7, 11) is 0. The summed E-state index contributed by atoms with van der Waals surface area (Å²) >= 11 is 0. The predicted molar refractivity (Wildman–Crippen MR) is 127 cm³/mol. The van der Waals surface area contributed by atoms with Crippen LogP contribution in [0.25, 0.3) is 0 Å². The molecule has 170 valence electrons. The average Bonchev–Trinajstić information content (AvgIpc) is 3.06. The first-order valence-corrected chi connectivity index (χ1v) is 13.4. The lowest BCUT2D eigenvalue weighted by atomic mass is 9.44. The molecule has 4 rings (SSSR count). The van der Waals surface area contributed by atoms with E-state index in [0.717, 1.165) is 42.4 Å².